The Labute approximate surface area is 102 Å². The number of benzene rings is 1. The summed E-state index contributed by atoms with van der Waals surface area (Å²) in [5.41, 5.74) is 0.963. The molecule has 0 amide bonds. The number of hydrogen-bond acceptors (Lipinski definition) is 3. The van der Waals surface area contributed by atoms with Crippen LogP contribution >= 0.6 is 27.5 Å². The minimum atomic E-state index is 0.176. The molecule has 1 rings (SSSR count). The highest BCUT2D eigenvalue weighted by Gasteiger charge is 2.11. The predicted molar refractivity (Wildman–Crippen MR) is 62.8 cm³/mol. The van der Waals surface area contributed by atoms with Gasteiger partial charge in [-0.3, -0.25) is 0 Å². The van der Waals surface area contributed by atoms with Crippen LogP contribution in [0.15, 0.2) is 16.6 Å². The molecule has 1 aromatic carbocycles. The van der Waals surface area contributed by atoms with Gasteiger partial charge in [0.15, 0.2) is 18.3 Å². The summed E-state index contributed by atoms with van der Waals surface area (Å²) >= 11 is 9.13. The summed E-state index contributed by atoms with van der Waals surface area (Å²) in [5, 5.41) is 0. The number of halogens is 2. The Kier molecular flexibility index (Phi) is 5.22. The Morgan fingerprint density at radius 1 is 1.33 bits per heavy atom. The molecule has 0 aliphatic carbocycles. The Hall–Kier alpha value is -0.450. The summed E-state index contributed by atoms with van der Waals surface area (Å²) in [5.74, 6) is 1.68. The third-order valence-corrected chi connectivity index (χ3v) is 2.66. The zero-order chi connectivity index (χ0) is 11.3. The topological polar surface area (TPSA) is 27.7 Å². The van der Waals surface area contributed by atoms with Crippen LogP contribution in [-0.2, 0) is 10.6 Å². The molecule has 0 N–H and O–H groups in total. The zero-order valence-corrected chi connectivity index (χ0v) is 10.9. The van der Waals surface area contributed by atoms with Gasteiger partial charge in [0.1, 0.15) is 0 Å². The molecule has 3 nitrogen and oxygen atoms in total. The molecular weight excluding hydrogens is 283 g/mol. The normalized spacial score (nSPS) is 10.1. The lowest BCUT2D eigenvalue weighted by Crippen LogP contribution is -2.02. The Bertz CT molecular complexity index is 331. The average molecular weight is 296 g/mol. The first-order valence-corrected chi connectivity index (χ1v) is 5.59. The van der Waals surface area contributed by atoms with E-state index in [1.807, 2.05) is 12.1 Å². The number of ether oxygens (including phenoxy) is 3. The highest BCUT2D eigenvalue weighted by molar-refractivity contribution is 9.10. The van der Waals surface area contributed by atoms with E-state index >= 15 is 0 Å². The number of methoxy groups -OCH3 is 2. The Morgan fingerprint density at radius 3 is 2.60 bits per heavy atom. The molecule has 0 aliphatic rings. The number of hydrogen-bond donors (Lipinski definition) is 0. The predicted octanol–water partition coefficient (Wildman–Crippen LogP) is 3.18. The maximum Gasteiger partial charge on any atom is 0.188 e. The van der Waals surface area contributed by atoms with Gasteiger partial charge >= 0.3 is 0 Å². The molecule has 0 aromatic heterocycles. The SMILES string of the molecule is COCOc1c(Br)cc(CCl)cc1OC. The van der Waals surface area contributed by atoms with Gasteiger partial charge in [-0.25, -0.2) is 0 Å². The van der Waals surface area contributed by atoms with Crippen molar-refractivity contribution in [1.29, 1.82) is 0 Å². The van der Waals surface area contributed by atoms with Crippen LogP contribution in [0, 0.1) is 0 Å². The fraction of sp³-hybridized carbons (Fsp3) is 0.400. The molecule has 0 heterocycles. The van der Waals surface area contributed by atoms with E-state index in [-0.39, 0.29) is 6.79 Å². The average Bonchev–Trinajstić information content (AvgIpc) is 2.26. The second-order valence-electron chi connectivity index (χ2n) is 2.79. The molecule has 0 aliphatic heterocycles. The second-order valence-corrected chi connectivity index (χ2v) is 3.92. The molecule has 0 atom stereocenters. The van der Waals surface area contributed by atoms with Crippen molar-refractivity contribution in [2.45, 2.75) is 5.88 Å². The van der Waals surface area contributed by atoms with Crippen LogP contribution in [-0.4, -0.2) is 21.0 Å². The highest BCUT2D eigenvalue weighted by Crippen LogP contribution is 2.36. The van der Waals surface area contributed by atoms with Gasteiger partial charge in [0.05, 0.1) is 11.6 Å². The Balaban J connectivity index is 3.01. The van der Waals surface area contributed by atoms with Gasteiger partial charge in [-0.15, -0.1) is 11.6 Å². The summed E-state index contributed by atoms with van der Waals surface area (Å²) in [6.45, 7) is 0.176. The molecule has 0 saturated carbocycles. The van der Waals surface area contributed by atoms with Crippen molar-refractivity contribution >= 4 is 27.5 Å². The third kappa shape index (κ3) is 3.26. The lowest BCUT2D eigenvalue weighted by atomic mass is 10.2. The van der Waals surface area contributed by atoms with Gasteiger partial charge in [0.25, 0.3) is 0 Å². The number of rotatable bonds is 5. The first-order chi connectivity index (χ1) is 7.22. The lowest BCUT2D eigenvalue weighted by molar-refractivity contribution is 0.0486. The van der Waals surface area contributed by atoms with Gasteiger partial charge in [-0.2, -0.15) is 0 Å². The Morgan fingerprint density at radius 2 is 2.07 bits per heavy atom. The first-order valence-electron chi connectivity index (χ1n) is 4.27. The van der Waals surface area contributed by atoms with Gasteiger partial charge in [0, 0.05) is 13.0 Å². The quantitative estimate of drug-likeness (QED) is 0.617. The van der Waals surface area contributed by atoms with Crippen molar-refractivity contribution in [3.63, 3.8) is 0 Å². The number of alkyl halides is 1. The molecule has 0 bridgehead atoms. The van der Waals surface area contributed by atoms with E-state index in [2.05, 4.69) is 15.9 Å². The van der Waals surface area contributed by atoms with Gasteiger partial charge in [-0.1, -0.05) is 0 Å². The lowest BCUT2D eigenvalue weighted by Gasteiger charge is -2.12. The molecular formula is C10H12BrClO3. The largest absolute Gasteiger partial charge is 0.493 e. The summed E-state index contributed by atoms with van der Waals surface area (Å²) in [7, 11) is 3.15. The van der Waals surface area contributed by atoms with E-state index < -0.39 is 0 Å². The van der Waals surface area contributed by atoms with Crippen molar-refractivity contribution in [3.05, 3.63) is 22.2 Å². The molecule has 0 saturated heterocycles. The molecule has 1 aromatic rings. The van der Waals surface area contributed by atoms with Crippen LogP contribution in [0.1, 0.15) is 5.56 Å². The molecule has 0 fully saturated rings. The van der Waals surface area contributed by atoms with Crippen LogP contribution in [0.3, 0.4) is 0 Å². The van der Waals surface area contributed by atoms with Crippen LogP contribution in [0.2, 0.25) is 0 Å². The molecule has 15 heavy (non-hydrogen) atoms. The first kappa shape index (κ1) is 12.6. The van der Waals surface area contributed by atoms with Gasteiger partial charge in [0.2, 0.25) is 0 Å². The smallest absolute Gasteiger partial charge is 0.188 e. The van der Waals surface area contributed by atoms with Crippen molar-refractivity contribution in [1.82, 2.24) is 0 Å². The van der Waals surface area contributed by atoms with Crippen LogP contribution < -0.4 is 9.47 Å². The van der Waals surface area contributed by atoms with Crippen molar-refractivity contribution in [2.24, 2.45) is 0 Å². The summed E-state index contributed by atoms with van der Waals surface area (Å²) in [6.07, 6.45) is 0. The fourth-order valence-corrected chi connectivity index (χ4v) is 1.87. The maximum atomic E-state index is 5.74. The summed E-state index contributed by atoms with van der Waals surface area (Å²) < 4.78 is 16.2. The summed E-state index contributed by atoms with van der Waals surface area (Å²) in [6, 6.07) is 3.73. The minimum absolute atomic E-state index is 0.176. The van der Waals surface area contributed by atoms with E-state index in [0.717, 1.165) is 10.0 Å². The van der Waals surface area contributed by atoms with Crippen molar-refractivity contribution in [3.8, 4) is 11.5 Å². The molecule has 84 valence electrons. The standard InChI is InChI=1S/C10H12BrClO3/c1-13-6-15-10-8(11)3-7(5-12)4-9(10)14-2/h3-4H,5-6H2,1-2H3. The van der Waals surface area contributed by atoms with Crippen LogP contribution in [0.5, 0.6) is 11.5 Å². The molecule has 0 spiro atoms. The fourth-order valence-electron chi connectivity index (χ4n) is 1.11. The van der Waals surface area contributed by atoms with Crippen molar-refractivity contribution < 1.29 is 14.2 Å². The van der Waals surface area contributed by atoms with Crippen LogP contribution in [0.25, 0.3) is 0 Å². The highest BCUT2D eigenvalue weighted by atomic mass is 79.9. The van der Waals surface area contributed by atoms with Gasteiger partial charge in [-0.05, 0) is 33.6 Å². The molecule has 5 heteroatoms. The van der Waals surface area contributed by atoms with Gasteiger partial charge < -0.3 is 14.2 Å². The van der Waals surface area contributed by atoms with E-state index in [1.54, 1.807) is 14.2 Å². The monoisotopic (exact) mass is 294 g/mol. The molecule has 0 unspecified atom stereocenters. The van der Waals surface area contributed by atoms with E-state index in [1.165, 1.54) is 0 Å². The van der Waals surface area contributed by atoms with E-state index in [4.69, 9.17) is 25.8 Å². The van der Waals surface area contributed by atoms with Crippen LogP contribution in [0.4, 0.5) is 0 Å². The van der Waals surface area contributed by atoms with E-state index in [0.29, 0.717) is 17.4 Å². The third-order valence-electron chi connectivity index (χ3n) is 1.76. The summed E-state index contributed by atoms with van der Waals surface area (Å²) in [4.78, 5) is 0. The van der Waals surface area contributed by atoms with Crippen molar-refractivity contribution in [2.75, 3.05) is 21.0 Å². The zero-order valence-electron chi connectivity index (χ0n) is 8.55. The minimum Gasteiger partial charge on any atom is -0.493 e. The second kappa shape index (κ2) is 6.20. The maximum absolute atomic E-state index is 5.74. The molecule has 0 radical (unpaired) electrons. The van der Waals surface area contributed by atoms with E-state index in [9.17, 15) is 0 Å².